The van der Waals surface area contributed by atoms with Gasteiger partial charge in [0, 0.05) is 28.6 Å². The normalized spacial score (nSPS) is 19.4. The highest BCUT2D eigenvalue weighted by Crippen LogP contribution is 2.53. The molecule has 0 radical (unpaired) electrons. The van der Waals surface area contributed by atoms with Crippen molar-refractivity contribution >= 4 is 0 Å². The number of benzene rings is 2. The predicted molar refractivity (Wildman–Crippen MR) is 109 cm³/mol. The van der Waals surface area contributed by atoms with E-state index >= 15 is 0 Å². The van der Waals surface area contributed by atoms with E-state index in [0.29, 0.717) is 5.56 Å². The van der Waals surface area contributed by atoms with Gasteiger partial charge in [-0.15, -0.1) is 0 Å². The van der Waals surface area contributed by atoms with Crippen LogP contribution in [0.4, 0.5) is 0 Å². The molecule has 0 saturated carbocycles. The molecular formula is C25H28N+. The second-order valence-corrected chi connectivity index (χ2v) is 7.84. The highest BCUT2D eigenvalue weighted by molar-refractivity contribution is 5.86. The van der Waals surface area contributed by atoms with E-state index in [9.17, 15) is 0 Å². The number of aryl methyl sites for hydroxylation is 1. The Morgan fingerprint density at radius 2 is 1.77 bits per heavy atom. The number of aromatic nitrogens is 1. The van der Waals surface area contributed by atoms with E-state index in [1.54, 1.807) is 0 Å². The van der Waals surface area contributed by atoms with Crippen LogP contribution in [-0.2, 0) is 12.5 Å². The van der Waals surface area contributed by atoms with Crippen molar-refractivity contribution in [3.8, 4) is 22.4 Å². The Hall–Kier alpha value is -2.41. The van der Waals surface area contributed by atoms with Crippen molar-refractivity contribution in [1.82, 2.24) is 0 Å². The molecule has 2 aromatic carbocycles. The minimum absolute atomic E-state index is 0.378. The van der Waals surface area contributed by atoms with Gasteiger partial charge in [0.2, 0.25) is 5.69 Å². The van der Waals surface area contributed by atoms with E-state index in [0.717, 1.165) is 33.5 Å². The first-order valence-corrected chi connectivity index (χ1v) is 9.12. The number of rotatable bonds is 2. The summed E-state index contributed by atoms with van der Waals surface area (Å²) in [6.45, 7) is 5.33. The van der Waals surface area contributed by atoms with E-state index in [1.165, 1.54) is 12.5 Å². The zero-order chi connectivity index (χ0) is 22.1. The van der Waals surface area contributed by atoms with Crippen molar-refractivity contribution < 1.29 is 10.1 Å². The average molecular weight is 347 g/mol. The van der Waals surface area contributed by atoms with Crippen LogP contribution in [0, 0.1) is 6.92 Å². The Morgan fingerprint density at radius 1 is 1.04 bits per heavy atom. The maximum absolute atomic E-state index is 9.06. The molecule has 0 fully saturated rings. The van der Waals surface area contributed by atoms with Crippen molar-refractivity contribution in [1.29, 1.82) is 0 Å². The van der Waals surface area contributed by atoms with Gasteiger partial charge >= 0.3 is 0 Å². The SMILES string of the molecule is [2H]C([2H])([2H])C([2H])(C)c1c(C)c(-c2cccc[n+]2C)cc2c1C(C)(C)c1ccccc1-2. The van der Waals surface area contributed by atoms with Crippen molar-refractivity contribution in [2.75, 3.05) is 0 Å². The molecule has 4 rings (SSSR count). The Labute approximate surface area is 163 Å². The molecule has 0 aliphatic heterocycles. The number of hydrogen-bond donors (Lipinski definition) is 0. The molecule has 1 unspecified atom stereocenters. The predicted octanol–water partition coefficient (Wildman–Crippen LogP) is 5.92. The molecule has 0 N–H and O–H groups in total. The fourth-order valence-electron chi connectivity index (χ4n) is 4.58. The molecule has 26 heavy (non-hydrogen) atoms. The molecule has 132 valence electrons. The molecule has 1 heteroatoms. The smallest absolute Gasteiger partial charge is 0.201 e. The maximum Gasteiger partial charge on any atom is 0.212 e. The Bertz CT molecular complexity index is 1160. The van der Waals surface area contributed by atoms with Gasteiger partial charge in [0.25, 0.3) is 0 Å². The number of hydrogen-bond acceptors (Lipinski definition) is 0. The van der Waals surface area contributed by atoms with Gasteiger partial charge in [-0.25, -0.2) is 4.57 Å². The van der Waals surface area contributed by atoms with Crippen molar-refractivity contribution in [3.05, 3.63) is 77.0 Å². The lowest BCUT2D eigenvalue weighted by Gasteiger charge is -2.28. The lowest BCUT2D eigenvalue weighted by molar-refractivity contribution is -0.660. The molecule has 3 aromatic rings. The third-order valence-corrected chi connectivity index (χ3v) is 5.81. The highest BCUT2D eigenvalue weighted by atomic mass is 14.9. The van der Waals surface area contributed by atoms with Gasteiger partial charge in [-0.05, 0) is 58.3 Å². The van der Waals surface area contributed by atoms with E-state index in [1.807, 2.05) is 55.1 Å². The van der Waals surface area contributed by atoms with Crippen LogP contribution in [-0.4, -0.2) is 0 Å². The number of pyridine rings is 1. The summed E-state index contributed by atoms with van der Waals surface area (Å²) >= 11 is 0. The molecule has 0 bridgehead atoms. The monoisotopic (exact) mass is 346 g/mol. The molecular weight excluding hydrogens is 314 g/mol. The average Bonchev–Trinajstić information content (AvgIpc) is 2.88. The van der Waals surface area contributed by atoms with E-state index in [4.69, 9.17) is 5.48 Å². The van der Waals surface area contributed by atoms with Crippen LogP contribution in [0.2, 0.25) is 0 Å². The summed E-state index contributed by atoms with van der Waals surface area (Å²) in [4.78, 5) is 0. The molecule has 0 amide bonds. The summed E-state index contributed by atoms with van der Waals surface area (Å²) in [6.07, 6.45) is 1.99. The summed E-state index contributed by atoms with van der Waals surface area (Å²) in [5.74, 6) is -1.73. The first-order valence-electron chi connectivity index (χ1n) is 11.1. The van der Waals surface area contributed by atoms with E-state index in [-0.39, 0.29) is 5.41 Å². The zero-order valence-electron chi connectivity index (χ0n) is 20.1. The largest absolute Gasteiger partial charge is 0.212 e. The minimum Gasteiger partial charge on any atom is -0.201 e. The minimum atomic E-state index is -2.45. The van der Waals surface area contributed by atoms with Crippen LogP contribution in [0.5, 0.6) is 0 Å². The molecule has 1 atom stereocenters. The van der Waals surface area contributed by atoms with Gasteiger partial charge in [-0.3, -0.25) is 0 Å². The zero-order valence-corrected chi connectivity index (χ0v) is 16.1. The summed E-state index contributed by atoms with van der Waals surface area (Å²) in [5, 5.41) is 0. The lowest BCUT2D eigenvalue weighted by atomic mass is 9.75. The van der Waals surface area contributed by atoms with Crippen LogP contribution < -0.4 is 4.57 Å². The fraction of sp³-hybridized carbons (Fsp3) is 0.320. The van der Waals surface area contributed by atoms with E-state index in [2.05, 4.69) is 32.0 Å². The van der Waals surface area contributed by atoms with Crippen LogP contribution in [0.1, 0.15) is 61.3 Å². The third kappa shape index (κ3) is 2.26. The second kappa shape index (κ2) is 5.81. The van der Waals surface area contributed by atoms with Gasteiger partial charge in [-0.2, -0.15) is 0 Å². The third-order valence-electron chi connectivity index (χ3n) is 5.81. The van der Waals surface area contributed by atoms with Crippen molar-refractivity contribution in [3.63, 3.8) is 0 Å². The Kier molecular flexibility index (Phi) is 2.87. The molecule has 0 saturated heterocycles. The van der Waals surface area contributed by atoms with Crippen LogP contribution in [0.3, 0.4) is 0 Å². The summed E-state index contributed by atoms with van der Waals surface area (Å²) in [5.41, 5.74) is 7.40. The summed E-state index contributed by atoms with van der Waals surface area (Å²) in [6, 6.07) is 16.5. The first-order chi connectivity index (χ1) is 13.9. The van der Waals surface area contributed by atoms with Crippen LogP contribution in [0.15, 0.2) is 54.7 Å². The first kappa shape index (κ1) is 12.9. The van der Waals surface area contributed by atoms with Gasteiger partial charge in [0.15, 0.2) is 6.20 Å². The van der Waals surface area contributed by atoms with E-state index < -0.39 is 12.7 Å². The van der Waals surface area contributed by atoms with Gasteiger partial charge < -0.3 is 0 Å². The van der Waals surface area contributed by atoms with Crippen molar-refractivity contribution in [2.24, 2.45) is 7.05 Å². The van der Waals surface area contributed by atoms with Gasteiger partial charge in [-0.1, -0.05) is 51.9 Å². The quantitative estimate of drug-likeness (QED) is 0.507. The summed E-state index contributed by atoms with van der Waals surface area (Å²) < 4.78 is 35.6. The Balaban J connectivity index is 2.19. The van der Waals surface area contributed by atoms with Gasteiger partial charge in [0.05, 0.1) is 0 Å². The molecule has 1 nitrogen and oxygen atoms in total. The summed E-state index contributed by atoms with van der Waals surface area (Å²) in [7, 11) is 1.99. The molecule has 1 aliphatic rings. The highest BCUT2D eigenvalue weighted by Gasteiger charge is 2.39. The topological polar surface area (TPSA) is 3.88 Å². The standard InChI is InChI=1S/C25H28N/c1-16(2)23-17(3)19(22-13-9-10-14-26(22)6)15-20-18-11-7-8-12-21(18)25(4,5)24(20)23/h7-16H,1-6H3/q+1/i1D3,16D. The van der Waals surface area contributed by atoms with Crippen LogP contribution in [0.25, 0.3) is 22.4 Å². The van der Waals surface area contributed by atoms with Crippen LogP contribution >= 0.6 is 0 Å². The molecule has 1 aliphatic carbocycles. The second-order valence-electron chi connectivity index (χ2n) is 7.84. The van der Waals surface area contributed by atoms with Gasteiger partial charge in [0.1, 0.15) is 7.05 Å². The maximum atomic E-state index is 9.06. The molecule has 0 spiro atoms. The molecule has 1 aromatic heterocycles. The number of fused-ring (bicyclic) bond motifs is 3. The Morgan fingerprint density at radius 3 is 2.50 bits per heavy atom. The lowest BCUT2D eigenvalue weighted by Crippen LogP contribution is -2.30. The van der Waals surface area contributed by atoms with Crippen molar-refractivity contribution in [2.45, 2.75) is 45.9 Å². The molecule has 1 heterocycles. The fourth-order valence-corrected chi connectivity index (χ4v) is 4.58. The number of nitrogens with zero attached hydrogens (tertiary/aromatic N) is 1.